The van der Waals surface area contributed by atoms with E-state index in [1.807, 2.05) is 25.1 Å². The second-order valence-electron chi connectivity index (χ2n) is 5.75. The highest BCUT2D eigenvalue weighted by molar-refractivity contribution is 9.10. The van der Waals surface area contributed by atoms with Crippen molar-refractivity contribution in [2.45, 2.75) is 26.3 Å². The Morgan fingerprint density at radius 3 is 2.36 bits per heavy atom. The Morgan fingerprint density at radius 1 is 1.20 bits per heavy atom. The van der Waals surface area contributed by atoms with Crippen molar-refractivity contribution in [2.75, 3.05) is 15.9 Å². The molecule has 134 valence electrons. The quantitative estimate of drug-likeness (QED) is 0.766. The summed E-state index contributed by atoms with van der Waals surface area (Å²) in [5.74, 6) is -0.400. The van der Waals surface area contributed by atoms with Crippen LogP contribution < -0.4 is 9.62 Å². The summed E-state index contributed by atoms with van der Waals surface area (Å²) in [4.78, 5) is 12.6. The highest BCUT2D eigenvalue weighted by Crippen LogP contribution is 2.23. The van der Waals surface area contributed by atoms with Crippen molar-refractivity contribution in [1.82, 2.24) is 0 Å². The van der Waals surface area contributed by atoms with E-state index in [4.69, 9.17) is 0 Å². The lowest BCUT2D eigenvalue weighted by atomic mass is 10.1. The van der Waals surface area contributed by atoms with Crippen LogP contribution >= 0.6 is 15.9 Å². The lowest BCUT2D eigenvalue weighted by Gasteiger charge is -2.28. The van der Waals surface area contributed by atoms with Gasteiger partial charge in [-0.25, -0.2) is 8.42 Å². The normalized spacial score (nSPS) is 12.5. The van der Waals surface area contributed by atoms with Crippen LogP contribution in [0.1, 0.15) is 19.4 Å². The molecule has 25 heavy (non-hydrogen) atoms. The molecular formula is C18H21BrN2O3S. The number of aryl methyl sites for hydroxylation is 1. The number of carbonyl (C=O) groups is 1. The average molecular weight is 425 g/mol. The van der Waals surface area contributed by atoms with Crippen molar-refractivity contribution in [3.05, 3.63) is 58.6 Å². The van der Waals surface area contributed by atoms with Crippen LogP contribution in [0.25, 0.3) is 0 Å². The first-order valence-corrected chi connectivity index (χ1v) is 10.5. The lowest BCUT2D eigenvalue weighted by molar-refractivity contribution is -0.116. The molecule has 1 amide bonds. The molecule has 5 nitrogen and oxygen atoms in total. The molecule has 0 spiro atoms. The van der Waals surface area contributed by atoms with Gasteiger partial charge in [-0.05, 0) is 49.2 Å². The van der Waals surface area contributed by atoms with Crippen LogP contribution in [0.15, 0.2) is 53.0 Å². The molecule has 0 aromatic heterocycles. The van der Waals surface area contributed by atoms with Crippen molar-refractivity contribution in [1.29, 1.82) is 0 Å². The van der Waals surface area contributed by atoms with E-state index >= 15 is 0 Å². The van der Waals surface area contributed by atoms with Crippen LogP contribution in [0, 0.1) is 0 Å². The maximum absolute atomic E-state index is 12.6. The minimum absolute atomic E-state index is 0.400. The van der Waals surface area contributed by atoms with Crippen LogP contribution in [-0.4, -0.2) is 26.6 Å². The maximum atomic E-state index is 12.6. The number of amides is 1. The molecule has 1 N–H and O–H groups in total. The topological polar surface area (TPSA) is 66.5 Å². The molecule has 0 saturated heterocycles. The maximum Gasteiger partial charge on any atom is 0.247 e. The van der Waals surface area contributed by atoms with Gasteiger partial charge >= 0.3 is 0 Å². The second kappa shape index (κ2) is 8.01. The predicted octanol–water partition coefficient (Wildman–Crippen LogP) is 3.80. The predicted molar refractivity (Wildman–Crippen MR) is 105 cm³/mol. The molecule has 2 rings (SSSR count). The zero-order valence-electron chi connectivity index (χ0n) is 14.4. The van der Waals surface area contributed by atoms with Gasteiger partial charge in [-0.1, -0.05) is 41.1 Å². The van der Waals surface area contributed by atoms with E-state index in [2.05, 4.69) is 21.2 Å². The van der Waals surface area contributed by atoms with Gasteiger partial charge < -0.3 is 5.32 Å². The number of hydrogen-bond donors (Lipinski definition) is 1. The van der Waals surface area contributed by atoms with Crippen LogP contribution in [-0.2, 0) is 21.2 Å². The fraction of sp³-hybridized carbons (Fsp3) is 0.278. The third-order valence-electron chi connectivity index (χ3n) is 3.78. The van der Waals surface area contributed by atoms with Gasteiger partial charge in [0, 0.05) is 10.2 Å². The molecule has 0 radical (unpaired) electrons. The van der Waals surface area contributed by atoms with E-state index in [1.54, 1.807) is 37.3 Å². The van der Waals surface area contributed by atoms with Gasteiger partial charge in [-0.15, -0.1) is 0 Å². The zero-order valence-corrected chi connectivity index (χ0v) is 16.8. The smallest absolute Gasteiger partial charge is 0.247 e. The Balaban J connectivity index is 2.29. The number of nitrogens with zero attached hydrogens (tertiary/aromatic N) is 1. The van der Waals surface area contributed by atoms with Crippen molar-refractivity contribution in [2.24, 2.45) is 0 Å². The molecule has 0 saturated carbocycles. The largest absolute Gasteiger partial charge is 0.324 e. The minimum Gasteiger partial charge on any atom is -0.324 e. The average Bonchev–Trinajstić information content (AvgIpc) is 2.54. The van der Waals surface area contributed by atoms with E-state index in [9.17, 15) is 13.2 Å². The van der Waals surface area contributed by atoms with Crippen LogP contribution in [0.5, 0.6) is 0 Å². The summed E-state index contributed by atoms with van der Waals surface area (Å²) in [6, 6.07) is 13.4. The number of benzene rings is 2. The molecule has 0 bridgehead atoms. The fourth-order valence-corrected chi connectivity index (χ4v) is 4.07. The first-order chi connectivity index (χ1) is 11.7. The molecule has 0 fully saturated rings. The summed E-state index contributed by atoms with van der Waals surface area (Å²) in [6.07, 6.45) is 1.96. The summed E-state index contributed by atoms with van der Waals surface area (Å²) in [5.41, 5.74) is 2.17. The third kappa shape index (κ3) is 5.06. The fourth-order valence-electron chi connectivity index (χ4n) is 2.50. The Kier molecular flexibility index (Phi) is 6.24. The first-order valence-electron chi connectivity index (χ1n) is 7.87. The third-order valence-corrected chi connectivity index (χ3v) is 5.51. The summed E-state index contributed by atoms with van der Waals surface area (Å²) in [6.45, 7) is 3.60. The van der Waals surface area contributed by atoms with Gasteiger partial charge in [-0.3, -0.25) is 9.10 Å². The van der Waals surface area contributed by atoms with E-state index in [0.29, 0.717) is 11.4 Å². The molecule has 7 heteroatoms. The molecule has 2 aromatic rings. The van der Waals surface area contributed by atoms with E-state index in [1.165, 1.54) is 0 Å². The highest BCUT2D eigenvalue weighted by Gasteiger charge is 2.29. The van der Waals surface area contributed by atoms with Crippen molar-refractivity contribution in [3.63, 3.8) is 0 Å². The van der Waals surface area contributed by atoms with Crippen molar-refractivity contribution < 1.29 is 13.2 Å². The minimum atomic E-state index is -3.62. The van der Waals surface area contributed by atoms with Crippen LogP contribution in [0.3, 0.4) is 0 Å². The number of anilines is 2. The van der Waals surface area contributed by atoms with Crippen molar-refractivity contribution >= 4 is 43.2 Å². The molecule has 0 unspecified atom stereocenters. The molecule has 0 aliphatic rings. The standard InChI is InChI=1S/C18H21BrN2O3S/c1-4-14-8-10-17(11-9-14)21(25(3,23)24)13(2)18(22)20-16-7-5-6-15(19)12-16/h5-13H,4H2,1-3H3,(H,20,22)/t13-/m1/s1. The molecule has 0 heterocycles. The van der Waals surface area contributed by atoms with E-state index in [0.717, 1.165) is 27.0 Å². The number of nitrogens with one attached hydrogen (secondary N) is 1. The zero-order chi connectivity index (χ0) is 18.6. The number of halogens is 1. The lowest BCUT2D eigenvalue weighted by Crippen LogP contribution is -2.45. The summed E-state index contributed by atoms with van der Waals surface area (Å²) >= 11 is 3.34. The van der Waals surface area contributed by atoms with Gasteiger partial charge in [0.05, 0.1) is 11.9 Å². The Hall–Kier alpha value is -1.86. The number of hydrogen-bond acceptors (Lipinski definition) is 3. The molecule has 0 aliphatic heterocycles. The van der Waals surface area contributed by atoms with Gasteiger partial charge in [0.15, 0.2) is 0 Å². The monoisotopic (exact) mass is 424 g/mol. The first kappa shape index (κ1) is 19.5. The Morgan fingerprint density at radius 2 is 1.84 bits per heavy atom. The number of rotatable bonds is 6. The summed E-state index contributed by atoms with van der Waals surface area (Å²) in [5, 5.41) is 2.75. The highest BCUT2D eigenvalue weighted by atomic mass is 79.9. The number of sulfonamides is 1. The van der Waals surface area contributed by atoms with E-state index in [-0.39, 0.29) is 0 Å². The van der Waals surface area contributed by atoms with Crippen LogP contribution in [0.4, 0.5) is 11.4 Å². The Labute approximate surface area is 157 Å². The van der Waals surface area contributed by atoms with Crippen molar-refractivity contribution in [3.8, 4) is 0 Å². The van der Waals surface area contributed by atoms with Gasteiger partial charge in [-0.2, -0.15) is 0 Å². The van der Waals surface area contributed by atoms with Gasteiger partial charge in [0.2, 0.25) is 15.9 Å². The molecular weight excluding hydrogens is 404 g/mol. The Bertz CT molecular complexity index is 851. The molecule has 2 aromatic carbocycles. The van der Waals surface area contributed by atoms with E-state index < -0.39 is 22.0 Å². The molecule has 0 aliphatic carbocycles. The second-order valence-corrected chi connectivity index (χ2v) is 8.53. The summed E-state index contributed by atoms with van der Waals surface area (Å²) in [7, 11) is -3.62. The van der Waals surface area contributed by atoms with Gasteiger partial charge in [0.1, 0.15) is 6.04 Å². The van der Waals surface area contributed by atoms with Gasteiger partial charge in [0.25, 0.3) is 0 Å². The summed E-state index contributed by atoms with van der Waals surface area (Å²) < 4.78 is 26.5. The SMILES string of the molecule is CCc1ccc(N([C@H](C)C(=O)Nc2cccc(Br)c2)S(C)(=O)=O)cc1. The van der Waals surface area contributed by atoms with Crippen LogP contribution in [0.2, 0.25) is 0 Å². The molecule has 1 atom stereocenters. The number of carbonyl (C=O) groups excluding carboxylic acids is 1.